The number of ether oxygens (including phenoxy) is 1. The fraction of sp³-hybridized carbons (Fsp3) is 0.417. The maximum absolute atomic E-state index is 13.9. The van der Waals surface area contributed by atoms with E-state index in [1.54, 1.807) is 19.1 Å². The van der Waals surface area contributed by atoms with E-state index in [0.717, 1.165) is 0 Å². The molecule has 0 saturated heterocycles. The van der Waals surface area contributed by atoms with Crippen molar-refractivity contribution in [2.75, 3.05) is 7.11 Å². The molecule has 0 aromatic heterocycles. The second-order valence-electron chi connectivity index (χ2n) is 3.92. The van der Waals surface area contributed by atoms with Crippen molar-refractivity contribution in [3.05, 3.63) is 34.1 Å². The van der Waals surface area contributed by atoms with Crippen LogP contribution >= 0.6 is 26.6 Å². The van der Waals surface area contributed by atoms with Gasteiger partial charge in [0.1, 0.15) is 5.82 Å². The smallest absolute Gasteiger partial charge is 0.130 e. The second-order valence-corrected chi connectivity index (χ2v) is 6.91. The van der Waals surface area contributed by atoms with Crippen LogP contribution in [0.25, 0.3) is 0 Å². The molecule has 1 unspecified atom stereocenters. The highest BCUT2D eigenvalue weighted by Gasteiger charge is 2.24. The summed E-state index contributed by atoms with van der Waals surface area (Å²) in [5.41, 5.74) is 0.442. The lowest BCUT2D eigenvalue weighted by Crippen LogP contribution is -2.21. The number of methoxy groups -OCH3 is 1. The average Bonchev–Trinajstić information content (AvgIpc) is 2.31. The van der Waals surface area contributed by atoms with E-state index < -0.39 is 16.8 Å². The van der Waals surface area contributed by atoms with Crippen LogP contribution in [0.15, 0.2) is 22.7 Å². The zero-order valence-electron chi connectivity index (χ0n) is 10.5. The number of hydrogen-bond acceptors (Lipinski definition) is 2. The molecule has 0 aliphatic heterocycles. The molecule has 18 heavy (non-hydrogen) atoms. The number of halogens is 2. The van der Waals surface area contributed by atoms with Crippen LogP contribution in [0.3, 0.4) is 0 Å². The van der Waals surface area contributed by atoms with Crippen LogP contribution in [0.2, 0.25) is 0 Å². The predicted molar refractivity (Wildman–Crippen MR) is 78.4 cm³/mol. The normalized spacial score (nSPS) is 17.2. The molecule has 3 nitrogen and oxygen atoms in total. The topological polar surface area (TPSA) is 55.5 Å². The van der Waals surface area contributed by atoms with Gasteiger partial charge >= 0.3 is 0 Å². The van der Waals surface area contributed by atoms with Gasteiger partial charge in [-0.25, -0.2) is 4.39 Å². The largest absolute Gasteiger partial charge is 0.375 e. The summed E-state index contributed by atoms with van der Waals surface area (Å²) in [6.45, 7) is 3.38. The Hall–Kier alpha value is -0.270. The fourth-order valence-corrected chi connectivity index (χ4v) is 3.10. The standard InChI is InChI=1S/C12H17BrFNO2S/c1-7(18(15)8(2)16)12(17-3)10-5-4-9(13)6-11(10)14/h4-7,12,16H,15H2,1-3H3/t7-,12+,18?/m0/s1. The SMILES string of the molecule is CO[C@@H](c1ccc(Br)cc1F)[C@H](C)/S(N)=C(\C)O. The molecule has 3 N–H and O–H groups in total. The molecule has 0 bridgehead atoms. The van der Waals surface area contributed by atoms with Crippen molar-refractivity contribution >= 4 is 31.7 Å². The summed E-state index contributed by atoms with van der Waals surface area (Å²) in [5.74, 6) is -0.351. The van der Waals surface area contributed by atoms with Crippen molar-refractivity contribution in [2.24, 2.45) is 5.14 Å². The summed E-state index contributed by atoms with van der Waals surface area (Å²) < 4.78 is 19.9. The van der Waals surface area contributed by atoms with E-state index in [9.17, 15) is 9.50 Å². The molecule has 1 rings (SSSR count). The van der Waals surface area contributed by atoms with Gasteiger partial charge in [-0.3, -0.25) is 5.14 Å². The van der Waals surface area contributed by atoms with Crippen molar-refractivity contribution < 1.29 is 14.2 Å². The Labute approximate surface area is 117 Å². The number of hydrogen-bond donors (Lipinski definition) is 2. The van der Waals surface area contributed by atoms with Crippen molar-refractivity contribution in [1.29, 1.82) is 0 Å². The molecule has 0 aliphatic carbocycles. The van der Waals surface area contributed by atoms with Gasteiger partial charge < -0.3 is 9.84 Å². The van der Waals surface area contributed by atoms with Crippen LogP contribution in [0.5, 0.6) is 0 Å². The monoisotopic (exact) mass is 337 g/mol. The summed E-state index contributed by atoms with van der Waals surface area (Å²) in [6, 6.07) is 4.80. The minimum atomic E-state index is -0.842. The fourth-order valence-electron chi connectivity index (χ4n) is 1.71. The highest BCUT2D eigenvalue weighted by atomic mass is 79.9. The van der Waals surface area contributed by atoms with Gasteiger partial charge in [-0.1, -0.05) is 32.7 Å². The highest BCUT2D eigenvalue weighted by Crippen LogP contribution is 2.33. The van der Waals surface area contributed by atoms with E-state index in [2.05, 4.69) is 15.9 Å². The molecule has 0 heterocycles. The maximum Gasteiger partial charge on any atom is 0.130 e. The molecule has 6 heteroatoms. The van der Waals surface area contributed by atoms with Gasteiger partial charge in [0.05, 0.1) is 11.2 Å². The molecular formula is C12H17BrFNO2S. The first-order valence-electron chi connectivity index (χ1n) is 5.36. The van der Waals surface area contributed by atoms with Crippen molar-refractivity contribution in [1.82, 2.24) is 0 Å². The third kappa shape index (κ3) is 3.61. The van der Waals surface area contributed by atoms with Crippen LogP contribution in [-0.4, -0.2) is 22.5 Å². The van der Waals surface area contributed by atoms with Gasteiger partial charge in [-0.2, -0.15) is 0 Å². The Morgan fingerprint density at radius 3 is 2.61 bits per heavy atom. The van der Waals surface area contributed by atoms with Gasteiger partial charge in [0.15, 0.2) is 0 Å². The number of nitrogens with two attached hydrogens (primary N) is 1. The maximum atomic E-state index is 13.9. The van der Waals surface area contributed by atoms with E-state index in [1.165, 1.54) is 13.2 Å². The van der Waals surface area contributed by atoms with E-state index >= 15 is 0 Å². The summed E-state index contributed by atoms with van der Waals surface area (Å²) in [5, 5.41) is 15.3. The molecule has 3 atom stereocenters. The van der Waals surface area contributed by atoms with E-state index in [1.807, 2.05) is 6.92 Å². The molecular weight excluding hydrogens is 321 g/mol. The number of aliphatic hydroxyl groups excluding tert-OH is 1. The lowest BCUT2D eigenvalue weighted by Gasteiger charge is -2.25. The molecule has 0 fully saturated rings. The van der Waals surface area contributed by atoms with Gasteiger partial charge in [-0.15, -0.1) is 0 Å². The average molecular weight is 338 g/mol. The van der Waals surface area contributed by atoms with Crippen LogP contribution in [0.4, 0.5) is 4.39 Å². The van der Waals surface area contributed by atoms with E-state index in [4.69, 9.17) is 9.88 Å². The lowest BCUT2D eigenvalue weighted by molar-refractivity contribution is 0.101. The Morgan fingerprint density at radius 2 is 2.17 bits per heavy atom. The van der Waals surface area contributed by atoms with Gasteiger partial charge in [0.2, 0.25) is 0 Å². The Morgan fingerprint density at radius 1 is 1.56 bits per heavy atom. The molecule has 0 radical (unpaired) electrons. The highest BCUT2D eigenvalue weighted by molar-refractivity contribution is 9.10. The predicted octanol–water partition coefficient (Wildman–Crippen LogP) is 3.51. The number of benzene rings is 1. The summed E-state index contributed by atoms with van der Waals surface area (Å²) in [4.78, 5) is 0. The van der Waals surface area contributed by atoms with E-state index in [0.29, 0.717) is 10.0 Å². The summed E-state index contributed by atoms with van der Waals surface area (Å²) in [7, 11) is 0.665. The molecule has 0 amide bonds. The molecule has 1 aromatic carbocycles. The minimum absolute atomic E-state index is 0.141. The van der Waals surface area contributed by atoms with Crippen LogP contribution in [0.1, 0.15) is 25.5 Å². The molecule has 0 saturated carbocycles. The Bertz CT molecular complexity index is 463. The van der Waals surface area contributed by atoms with Crippen LogP contribution < -0.4 is 5.14 Å². The van der Waals surface area contributed by atoms with Crippen LogP contribution in [-0.2, 0) is 4.74 Å². The third-order valence-electron chi connectivity index (χ3n) is 2.69. The summed E-state index contributed by atoms with van der Waals surface area (Å²) in [6.07, 6.45) is -0.492. The van der Waals surface area contributed by atoms with Crippen molar-refractivity contribution in [3.8, 4) is 0 Å². The number of aliphatic hydroxyl groups is 1. The Kier molecular flexibility index (Phi) is 5.94. The first kappa shape index (κ1) is 15.8. The van der Waals surface area contributed by atoms with Gasteiger partial charge in [0, 0.05) is 22.4 Å². The minimum Gasteiger partial charge on any atom is -0.375 e. The van der Waals surface area contributed by atoms with Crippen molar-refractivity contribution in [3.63, 3.8) is 0 Å². The quantitative estimate of drug-likeness (QED) is 0.826. The molecule has 102 valence electrons. The van der Waals surface area contributed by atoms with Gasteiger partial charge in [-0.05, 0) is 26.0 Å². The van der Waals surface area contributed by atoms with Crippen LogP contribution in [0, 0.1) is 5.82 Å². The third-order valence-corrected chi connectivity index (χ3v) is 4.91. The van der Waals surface area contributed by atoms with E-state index in [-0.39, 0.29) is 16.1 Å². The zero-order valence-corrected chi connectivity index (χ0v) is 12.9. The number of rotatable bonds is 4. The van der Waals surface area contributed by atoms with Gasteiger partial charge in [0.25, 0.3) is 0 Å². The van der Waals surface area contributed by atoms with Crippen molar-refractivity contribution in [2.45, 2.75) is 25.2 Å². The first-order valence-corrected chi connectivity index (χ1v) is 7.50. The molecule has 0 aliphatic rings. The zero-order chi connectivity index (χ0) is 13.9. The molecule has 0 spiro atoms. The summed E-state index contributed by atoms with van der Waals surface area (Å²) >= 11 is 3.21. The lowest BCUT2D eigenvalue weighted by atomic mass is 10.1. The molecule has 1 aromatic rings. The first-order chi connectivity index (χ1) is 8.38. The second kappa shape index (κ2) is 6.77. The Balaban J connectivity index is 3.14.